The molecule has 0 saturated carbocycles. The molecule has 0 aliphatic carbocycles. The molecule has 0 heterocycles. The summed E-state index contributed by atoms with van der Waals surface area (Å²) in [6, 6.07) is 12.6. The Labute approximate surface area is 177 Å². The molecule has 4 heteroatoms. The van der Waals surface area contributed by atoms with Gasteiger partial charge in [-0.25, -0.2) is 12.1 Å². The van der Waals surface area contributed by atoms with Crippen molar-refractivity contribution < 1.29 is 48.1 Å². The fourth-order valence-electron chi connectivity index (χ4n) is 1.87. The normalized spacial score (nSPS) is 9.17. The number of hydrogen-bond acceptors (Lipinski definition) is 0. The van der Waals surface area contributed by atoms with Gasteiger partial charge in [0.1, 0.15) is 0 Å². The topological polar surface area (TPSA) is 0 Å². The standard InChI is InChI=1S/2C7H9.C6H14Si.2ClH.Zr/c2*1-6-4-3-5-7(6)2;1-5(2)7-6(3)4;;;/h2*3-5H,1-2H3;5-6H,1-4H3;2*1H;/q2*-1;;;;+2/p-2. The van der Waals surface area contributed by atoms with Crippen LogP contribution in [-0.2, 0) is 23.3 Å². The fourth-order valence-corrected chi connectivity index (χ4v) is 3.20. The van der Waals surface area contributed by atoms with E-state index in [9.17, 15) is 0 Å². The minimum Gasteiger partial charge on any atom is -1.00 e. The Morgan fingerprint density at radius 3 is 1.08 bits per heavy atom. The summed E-state index contributed by atoms with van der Waals surface area (Å²) in [5, 5.41) is 0. The zero-order valence-electron chi connectivity index (χ0n) is 16.4. The Morgan fingerprint density at radius 2 is 1.04 bits per heavy atom. The van der Waals surface area contributed by atoms with E-state index in [-0.39, 0.29) is 30.2 Å². The Bertz CT molecular complexity index is 472. The zero-order valence-corrected chi connectivity index (χ0v) is 21.3. The first kappa shape index (κ1) is 29.2. The first-order valence-corrected chi connectivity index (χ1v) is 13.5. The van der Waals surface area contributed by atoms with Crippen LogP contribution in [0.25, 0.3) is 0 Å². The van der Waals surface area contributed by atoms with E-state index in [1.165, 1.54) is 22.3 Å². The van der Waals surface area contributed by atoms with Gasteiger partial charge in [-0.15, -0.1) is 0 Å². The van der Waals surface area contributed by atoms with Gasteiger partial charge in [-0.1, -0.05) is 27.7 Å². The Balaban J connectivity index is -0.000000265. The van der Waals surface area contributed by atoms with Crippen LogP contribution in [0, 0.1) is 27.7 Å². The summed E-state index contributed by atoms with van der Waals surface area (Å²) < 4.78 is 0. The summed E-state index contributed by atoms with van der Waals surface area (Å²) in [6.07, 6.45) is 0. The molecule has 0 atom stereocenters. The third-order valence-electron chi connectivity index (χ3n) is 3.87. The van der Waals surface area contributed by atoms with Crippen molar-refractivity contribution in [2.75, 3.05) is 0 Å². The molecule has 0 amide bonds. The average molecular weight is 463 g/mol. The molecule has 2 aromatic rings. The van der Waals surface area contributed by atoms with E-state index in [4.69, 9.17) is 0 Å². The molecule has 24 heavy (non-hydrogen) atoms. The fraction of sp³-hybridized carbons (Fsp3) is 0.500. The van der Waals surface area contributed by atoms with Crippen molar-refractivity contribution in [1.29, 1.82) is 0 Å². The number of aryl methyl sites for hydroxylation is 4. The van der Waals surface area contributed by atoms with Crippen molar-refractivity contribution in [3.63, 3.8) is 0 Å². The van der Waals surface area contributed by atoms with Crippen molar-refractivity contribution in [3.8, 4) is 0 Å². The molecular weight excluding hydrogens is 430 g/mol. The SMILES string of the molecule is CC(C)[Si](=[Zr+2])C(C)C.Cc1cc[cH-]c1C.Cc1cc[cH-]c1C.[Cl-].[Cl-]. The Kier molecular flexibility index (Phi) is 19.0. The van der Waals surface area contributed by atoms with E-state index in [0.717, 1.165) is 11.1 Å². The third kappa shape index (κ3) is 12.7. The predicted molar refractivity (Wildman–Crippen MR) is 99.0 cm³/mol. The van der Waals surface area contributed by atoms with Crippen LogP contribution >= 0.6 is 0 Å². The van der Waals surface area contributed by atoms with E-state index in [1.807, 2.05) is 0 Å². The van der Waals surface area contributed by atoms with E-state index in [0.29, 0.717) is 0 Å². The number of hydrogen-bond donors (Lipinski definition) is 0. The molecule has 2 rings (SSSR count). The van der Waals surface area contributed by atoms with Gasteiger partial charge < -0.3 is 24.8 Å². The summed E-state index contributed by atoms with van der Waals surface area (Å²) in [5.74, 6) is 0. The van der Waals surface area contributed by atoms with Crippen molar-refractivity contribution in [1.82, 2.24) is 0 Å². The molecule has 2 aromatic carbocycles. The van der Waals surface area contributed by atoms with Crippen molar-refractivity contribution >= 4 is 5.43 Å². The number of halogens is 2. The second kappa shape index (κ2) is 15.6. The van der Waals surface area contributed by atoms with E-state index < -0.39 is 0 Å². The summed E-state index contributed by atoms with van der Waals surface area (Å²) >= 11 is 1.80. The average Bonchev–Trinajstić information content (AvgIpc) is 3.00. The maximum atomic E-state index is 2.35. The van der Waals surface area contributed by atoms with Crippen LogP contribution in [0.3, 0.4) is 0 Å². The number of rotatable bonds is 2. The molecule has 136 valence electrons. The van der Waals surface area contributed by atoms with Crippen LogP contribution in [0.15, 0.2) is 36.4 Å². The molecule has 0 aliphatic rings. The smallest absolute Gasteiger partial charge is 0.0632 e. The van der Waals surface area contributed by atoms with Crippen molar-refractivity contribution in [2.24, 2.45) is 0 Å². The summed E-state index contributed by atoms with van der Waals surface area (Å²) in [7, 11) is 0. The van der Waals surface area contributed by atoms with Crippen LogP contribution in [0.4, 0.5) is 0 Å². The quantitative estimate of drug-likeness (QED) is 0.448. The van der Waals surface area contributed by atoms with Crippen LogP contribution in [0.5, 0.6) is 0 Å². The molecule has 0 aliphatic heterocycles. The maximum Gasteiger partial charge on any atom is -0.0632 e. The molecule has 0 saturated heterocycles. The first-order valence-electron chi connectivity index (χ1n) is 8.12. The molecule has 0 unspecified atom stereocenters. The van der Waals surface area contributed by atoms with E-state index >= 15 is 0 Å². The molecule has 0 nitrogen and oxygen atoms in total. The second-order valence-electron chi connectivity index (χ2n) is 6.55. The van der Waals surface area contributed by atoms with Gasteiger partial charge in [0.15, 0.2) is 0 Å². The molecule has 0 N–H and O–H groups in total. The van der Waals surface area contributed by atoms with E-state index in [1.54, 1.807) is 23.3 Å². The van der Waals surface area contributed by atoms with Gasteiger partial charge in [0.2, 0.25) is 0 Å². The monoisotopic (exact) mass is 460 g/mol. The Morgan fingerprint density at radius 1 is 0.750 bits per heavy atom. The Hall–Kier alpha value is 0.380. The minimum atomic E-state index is 0. The van der Waals surface area contributed by atoms with Gasteiger partial charge >= 0.3 is 67.5 Å². The third-order valence-corrected chi connectivity index (χ3v) is 14.9. The summed E-state index contributed by atoms with van der Waals surface area (Å²) in [6.45, 7) is 17.9. The second-order valence-corrected chi connectivity index (χ2v) is 14.0. The summed E-state index contributed by atoms with van der Waals surface area (Å²) in [4.78, 5) is 0. The first-order chi connectivity index (χ1) is 10.2. The molecule has 0 radical (unpaired) electrons. The van der Waals surface area contributed by atoms with Crippen LogP contribution in [0.2, 0.25) is 11.1 Å². The van der Waals surface area contributed by atoms with Crippen LogP contribution in [-0.4, -0.2) is 5.43 Å². The van der Waals surface area contributed by atoms with Crippen molar-refractivity contribution in [3.05, 3.63) is 58.7 Å². The maximum absolute atomic E-state index is 2.35. The largest absolute Gasteiger partial charge is 1.00 e. The van der Waals surface area contributed by atoms with Gasteiger partial charge in [0, 0.05) is 0 Å². The van der Waals surface area contributed by atoms with Gasteiger partial charge in [-0.05, 0) is 0 Å². The van der Waals surface area contributed by atoms with Gasteiger partial charge in [0.25, 0.3) is 0 Å². The summed E-state index contributed by atoms with van der Waals surface area (Å²) in [5.41, 5.74) is 7.59. The predicted octanol–water partition coefficient (Wildman–Crippen LogP) is 0.397. The molecule has 0 bridgehead atoms. The molecule has 0 aromatic heterocycles. The molecule has 0 fully saturated rings. The van der Waals surface area contributed by atoms with Gasteiger partial charge in [-0.3, -0.25) is 0 Å². The minimum absolute atomic E-state index is 0. The van der Waals surface area contributed by atoms with Gasteiger partial charge in [-0.2, -0.15) is 46.5 Å². The van der Waals surface area contributed by atoms with Crippen LogP contribution < -0.4 is 24.8 Å². The van der Waals surface area contributed by atoms with Crippen LogP contribution in [0.1, 0.15) is 49.9 Å². The molecular formula is C20H32Cl2SiZr-2. The molecule has 0 spiro atoms. The van der Waals surface area contributed by atoms with Gasteiger partial charge in [0.05, 0.1) is 0 Å². The van der Waals surface area contributed by atoms with E-state index in [2.05, 4.69) is 91.8 Å². The zero-order chi connectivity index (χ0) is 17.3. The van der Waals surface area contributed by atoms with Crippen molar-refractivity contribution in [2.45, 2.75) is 66.5 Å².